The summed E-state index contributed by atoms with van der Waals surface area (Å²) in [4.78, 5) is 17.0. The molecule has 1 heterocycles. The number of rotatable bonds is 6. The second kappa shape index (κ2) is 6.69. The number of para-hydroxylation sites is 1. The number of nitro groups is 1. The van der Waals surface area contributed by atoms with Crippen LogP contribution < -0.4 is 10.2 Å². The van der Waals surface area contributed by atoms with Gasteiger partial charge in [-0.15, -0.1) is 0 Å². The Hall–Kier alpha value is -2.63. The molecule has 1 aromatic heterocycles. The number of nitro benzene ring substituents is 1. The zero-order valence-corrected chi connectivity index (χ0v) is 12.1. The van der Waals surface area contributed by atoms with Crippen molar-refractivity contribution in [2.45, 2.75) is 13.5 Å². The molecular weight excluding hydrogens is 268 g/mol. The maximum absolute atomic E-state index is 11.4. The Morgan fingerprint density at radius 3 is 2.57 bits per heavy atom. The highest BCUT2D eigenvalue weighted by molar-refractivity contribution is 5.76. The summed E-state index contributed by atoms with van der Waals surface area (Å²) in [7, 11) is 1.69. The number of nitrogens with zero attached hydrogens (tertiary/aromatic N) is 3. The van der Waals surface area contributed by atoms with Crippen molar-refractivity contribution in [3.63, 3.8) is 0 Å². The standard InChI is InChI=1S/C15H18N4O2/c1-3-18(11-12-7-9-17-10-8-12)14-6-4-5-13(16-2)15(14)19(20)21/h4-10,16H,3,11H2,1-2H3. The second-order valence-corrected chi connectivity index (χ2v) is 4.55. The van der Waals surface area contributed by atoms with Crippen LogP contribution in [0.5, 0.6) is 0 Å². The Morgan fingerprint density at radius 2 is 2.00 bits per heavy atom. The Balaban J connectivity index is 2.40. The maximum Gasteiger partial charge on any atom is 0.315 e. The van der Waals surface area contributed by atoms with Gasteiger partial charge in [0.15, 0.2) is 0 Å². The average molecular weight is 286 g/mol. The van der Waals surface area contributed by atoms with Gasteiger partial charge >= 0.3 is 5.69 Å². The van der Waals surface area contributed by atoms with Crippen molar-refractivity contribution in [3.8, 4) is 0 Å². The van der Waals surface area contributed by atoms with Crippen LogP contribution in [0, 0.1) is 10.1 Å². The molecule has 0 aliphatic carbocycles. The molecule has 0 bridgehead atoms. The van der Waals surface area contributed by atoms with Crippen molar-refractivity contribution >= 4 is 17.1 Å². The van der Waals surface area contributed by atoms with Crippen LogP contribution in [-0.2, 0) is 6.54 Å². The smallest absolute Gasteiger partial charge is 0.315 e. The maximum atomic E-state index is 11.4. The Morgan fingerprint density at radius 1 is 1.29 bits per heavy atom. The highest BCUT2D eigenvalue weighted by Gasteiger charge is 2.22. The molecule has 0 aliphatic heterocycles. The zero-order chi connectivity index (χ0) is 15.2. The molecular formula is C15H18N4O2. The molecule has 6 heteroatoms. The van der Waals surface area contributed by atoms with Crippen molar-refractivity contribution in [2.75, 3.05) is 23.8 Å². The van der Waals surface area contributed by atoms with Gasteiger partial charge in [0.1, 0.15) is 11.4 Å². The Kier molecular flexibility index (Phi) is 4.71. The first-order valence-corrected chi connectivity index (χ1v) is 6.76. The fourth-order valence-corrected chi connectivity index (χ4v) is 2.26. The van der Waals surface area contributed by atoms with Gasteiger partial charge in [-0.05, 0) is 36.8 Å². The van der Waals surface area contributed by atoms with E-state index in [-0.39, 0.29) is 10.6 Å². The monoisotopic (exact) mass is 286 g/mol. The second-order valence-electron chi connectivity index (χ2n) is 4.55. The number of anilines is 2. The van der Waals surface area contributed by atoms with Gasteiger partial charge in [-0.25, -0.2) is 0 Å². The Bertz CT molecular complexity index is 616. The molecule has 0 radical (unpaired) electrons. The predicted molar refractivity (Wildman–Crippen MR) is 83.6 cm³/mol. The van der Waals surface area contributed by atoms with Gasteiger partial charge in [-0.2, -0.15) is 0 Å². The summed E-state index contributed by atoms with van der Waals surface area (Å²) in [5.41, 5.74) is 2.31. The molecule has 0 fully saturated rings. The third-order valence-corrected chi connectivity index (χ3v) is 3.31. The highest BCUT2D eigenvalue weighted by atomic mass is 16.6. The zero-order valence-electron chi connectivity index (χ0n) is 12.1. The van der Waals surface area contributed by atoms with E-state index in [4.69, 9.17) is 0 Å². The lowest BCUT2D eigenvalue weighted by molar-refractivity contribution is -0.383. The van der Waals surface area contributed by atoms with E-state index >= 15 is 0 Å². The van der Waals surface area contributed by atoms with E-state index in [1.54, 1.807) is 31.6 Å². The topological polar surface area (TPSA) is 71.3 Å². The van der Waals surface area contributed by atoms with Crippen molar-refractivity contribution in [2.24, 2.45) is 0 Å². The molecule has 6 nitrogen and oxygen atoms in total. The molecule has 1 N–H and O–H groups in total. The lowest BCUT2D eigenvalue weighted by Crippen LogP contribution is -2.23. The fraction of sp³-hybridized carbons (Fsp3) is 0.267. The summed E-state index contributed by atoms with van der Waals surface area (Å²) in [6.07, 6.45) is 3.45. The van der Waals surface area contributed by atoms with Crippen LogP contribution in [0.4, 0.5) is 17.1 Å². The van der Waals surface area contributed by atoms with E-state index in [1.165, 1.54) is 0 Å². The largest absolute Gasteiger partial charge is 0.382 e. The SMILES string of the molecule is CCN(Cc1ccncc1)c1cccc(NC)c1[N+](=O)[O-]. The summed E-state index contributed by atoms with van der Waals surface area (Å²) in [6.45, 7) is 3.26. The molecule has 0 amide bonds. The Labute approximate surface area is 123 Å². The van der Waals surface area contributed by atoms with E-state index in [0.29, 0.717) is 24.5 Å². The molecule has 0 spiro atoms. The molecule has 0 aliphatic rings. The molecule has 2 rings (SSSR count). The summed E-state index contributed by atoms with van der Waals surface area (Å²) < 4.78 is 0. The number of pyridine rings is 1. The fourth-order valence-electron chi connectivity index (χ4n) is 2.26. The first kappa shape index (κ1) is 14.8. The predicted octanol–water partition coefficient (Wildman–Crippen LogP) is 3.06. The van der Waals surface area contributed by atoms with Gasteiger partial charge in [0, 0.05) is 32.5 Å². The number of hydrogen-bond donors (Lipinski definition) is 1. The van der Waals surface area contributed by atoms with Crippen molar-refractivity contribution in [1.82, 2.24) is 4.98 Å². The minimum atomic E-state index is -0.337. The average Bonchev–Trinajstić information content (AvgIpc) is 2.52. The molecule has 21 heavy (non-hydrogen) atoms. The summed E-state index contributed by atoms with van der Waals surface area (Å²) in [5.74, 6) is 0. The van der Waals surface area contributed by atoms with Gasteiger partial charge in [0.2, 0.25) is 0 Å². The van der Waals surface area contributed by atoms with Crippen LogP contribution in [0.2, 0.25) is 0 Å². The molecule has 0 unspecified atom stereocenters. The van der Waals surface area contributed by atoms with Gasteiger partial charge in [0.25, 0.3) is 0 Å². The van der Waals surface area contributed by atoms with Crippen LogP contribution in [0.25, 0.3) is 0 Å². The van der Waals surface area contributed by atoms with Gasteiger partial charge < -0.3 is 10.2 Å². The number of nitrogens with one attached hydrogen (secondary N) is 1. The van der Waals surface area contributed by atoms with Crippen molar-refractivity contribution < 1.29 is 4.92 Å². The summed E-state index contributed by atoms with van der Waals surface area (Å²) in [5, 5.41) is 14.3. The number of benzene rings is 1. The van der Waals surface area contributed by atoms with Gasteiger partial charge in [-0.1, -0.05) is 6.07 Å². The van der Waals surface area contributed by atoms with Gasteiger partial charge in [0.05, 0.1) is 4.92 Å². The van der Waals surface area contributed by atoms with E-state index in [1.807, 2.05) is 30.0 Å². The van der Waals surface area contributed by atoms with E-state index in [0.717, 1.165) is 5.56 Å². The van der Waals surface area contributed by atoms with Crippen LogP contribution in [0.1, 0.15) is 12.5 Å². The molecule has 0 saturated heterocycles. The van der Waals surface area contributed by atoms with Crippen LogP contribution in [0.15, 0.2) is 42.7 Å². The molecule has 110 valence electrons. The van der Waals surface area contributed by atoms with Crippen LogP contribution in [-0.4, -0.2) is 23.5 Å². The van der Waals surface area contributed by atoms with Crippen molar-refractivity contribution in [1.29, 1.82) is 0 Å². The van der Waals surface area contributed by atoms with E-state index < -0.39 is 0 Å². The minimum Gasteiger partial charge on any atom is -0.382 e. The van der Waals surface area contributed by atoms with Crippen LogP contribution >= 0.6 is 0 Å². The van der Waals surface area contributed by atoms with Crippen molar-refractivity contribution in [3.05, 3.63) is 58.4 Å². The third kappa shape index (κ3) is 3.28. The summed E-state index contributed by atoms with van der Waals surface area (Å²) in [6, 6.07) is 9.14. The molecule has 1 aromatic carbocycles. The lowest BCUT2D eigenvalue weighted by Gasteiger charge is -2.23. The first-order chi connectivity index (χ1) is 10.2. The van der Waals surface area contributed by atoms with E-state index in [9.17, 15) is 10.1 Å². The quantitative estimate of drug-likeness (QED) is 0.652. The lowest BCUT2D eigenvalue weighted by atomic mass is 10.2. The van der Waals surface area contributed by atoms with Gasteiger partial charge in [-0.3, -0.25) is 15.1 Å². The third-order valence-electron chi connectivity index (χ3n) is 3.31. The number of aromatic nitrogens is 1. The molecule has 0 saturated carbocycles. The molecule has 0 atom stereocenters. The van der Waals surface area contributed by atoms with Crippen LogP contribution in [0.3, 0.4) is 0 Å². The normalized spacial score (nSPS) is 10.2. The molecule has 2 aromatic rings. The number of hydrogen-bond acceptors (Lipinski definition) is 5. The minimum absolute atomic E-state index is 0.107. The summed E-state index contributed by atoms with van der Waals surface area (Å²) >= 11 is 0. The first-order valence-electron chi connectivity index (χ1n) is 6.76. The highest BCUT2D eigenvalue weighted by Crippen LogP contribution is 2.35. The van der Waals surface area contributed by atoms with E-state index in [2.05, 4.69) is 10.3 Å².